The topological polar surface area (TPSA) is 63.7 Å². The van der Waals surface area contributed by atoms with Gasteiger partial charge in [-0.25, -0.2) is 9.97 Å². The van der Waals surface area contributed by atoms with Crippen molar-refractivity contribution in [1.82, 2.24) is 20.2 Å². The van der Waals surface area contributed by atoms with Crippen molar-refractivity contribution in [1.29, 1.82) is 0 Å². The van der Waals surface area contributed by atoms with Crippen LogP contribution in [0, 0.1) is 0 Å². The Morgan fingerprint density at radius 1 is 1.30 bits per heavy atom. The third kappa shape index (κ3) is 2.64. The minimum absolute atomic E-state index is 0.103. The highest BCUT2D eigenvalue weighted by atomic mass is 32.1. The fourth-order valence-electron chi connectivity index (χ4n) is 1.66. The molecule has 0 amide bonds. The molecule has 0 aliphatic heterocycles. The fourth-order valence-corrected chi connectivity index (χ4v) is 2.43. The van der Waals surface area contributed by atoms with Gasteiger partial charge < -0.3 is 4.74 Å². The molecule has 3 rings (SSSR count). The first kappa shape index (κ1) is 12.7. The molecule has 0 aliphatic carbocycles. The van der Waals surface area contributed by atoms with Gasteiger partial charge in [0.25, 0.3) is 0 Å². The molecule has 5 nitrogen and oxygen atoms in total. The number of aromatic nitrogens is 4. The van der Waals surface area contributed by atoms with E-state index in [1.165, 1.54) is 29.8 Å². The summed E-state index contributed by atoms with van der Waals surface area (Å²) in [5.41, 5.74) is 1.37. The molecular weight excluding hydrogens is 286 g/mol. The largest absolute Gasteiger partial charge is 0.435 e. The summed E-state index contributed by atoms with van der Waals surface area (Å²) in [6.45, 7) is -2.84. The van der Waals surface area contributed by atoms with Crippen molar-refractivity contribution in [2.45, 2.75) is 6.61 Å². The summed E-state index contributed by atoms with van der Waals surface area (Å²) >= 11 is 1.39. The summed E-state index contributed by atoms with van der Waals surface area (Å²) in [6.07, 6.45) is 1.40. The van der Waals surface area contributed by atoms with Crippen LogP contribution in [0.5, 0.6) is 5.75 Å². The Bertz CT molecular complexity index is 699. The van der Waals surface area contributed by atoms with Crippen LogP contribution in [0.1, 0.15) is 0 Å². The Morgan fingerprint density at radius 3 is 2.95 bits per heavy atom. The average molecular weight is 294 g/mol. The van der Waals surface area contributed by atoms with Gasteiger partial charge in [-0.15, -0.1) is 11.3 Å². The van der Waals surface area contributed by atoms with Crippen LogP contribution in [0.25, 0.3) is 22.1 Å². The number of benzene rings is 1. The number of halogens is 2. The molecule has 2 aromatic heterocycles. The molecule has 2 heterocycles. The number of H-pyrrole nitrogens is 1. The van der Waals surface area contributed by atoms with Crippen LogP contribution in [0.2, 0.25) is 0 Å². The zero-order chi connectivity index (χ0) is 13.9. The molecule has 0 aliphatic rings. The molecule has 0 saturated carbocycles. The standard InChI is InChI=1S/C12H8F2N4OS/c13-12(14)19-8-3-1-2-7(4-8)9-5-20-11(17-9)10-15-6-16-18-10/h1-6,12H,(H,15,16,18). The van der Waals surface area contributed by atoms with Gasteiger partial charge in [-0.05, 0) is 12.1 Å². The summed E-state index contributed by atoms with van der Waals surface area (Å²) < 4.78 is 28.7. The second-order valence-electron chi connectivity index (χ2n) is 3.78. The lowest BCUT2D eigenvalue weighted by Gasteiger charge is -2.05. The Hall–Kier alpha value is -2.35. The van der Waals surface area contributed by atoms with Gasteiger partial charge in [-0.2, -0.15) is 13.9 Å². The van der Waals surface area contributed by atoms with Crippen molar-refractivity contribution in [2.24, 2.45) is 0 Å². The van der Waals surface area contributed by atoms with Gasteiger partial charge in [0, 0.05) is 10.9 Å². The van der Waals surface area contributed by atoms with Crippen LogP contribution < -0.4 is 4.74 Å². The number of hydrogen-bond acceptors (Lipinski definition) is 5. The summed E-state index contributed by atoms with van der Waals surface area (Å²) in [7, 11) is 0. The monoisotopic (exact) mass is 294 g/mol. The summed E-state index contributed by atoms with van der Waals surface area (Å²) in [6, 6.07) is 6.41. The van der Waals surface area contributed by atoms with Gasteiger partial charge in [-0.3, -0.25) is 5.10 Å². The lowest BCUT2D eigenvalue weighted by Crippen LogP contribution is -2.01. The van der Waals surface area contributed by atoms with E-state index in [1.807, 2.05) is 5.38 Å². The molecule has 1 aromatic carbocycles. The zero-order valence-corrected chi connectivity index (χ0v) is 10.8. The van der Waals surface area contributed by atoms with Crippen LogP contribution in [0.15, 0.2) is 36.0 Å². The number of rotatable bonds is 4. The number of nitrogens with zero attached hydrogens (tertiary/aromatic N) is 3. The lowest BCUT2D eigenvalue weighted by molar-refractivity contribution is -0.0498. The van der Waals surface area contributed by atoms with Crippen LogP contribution in [-0.4, -0.2) is 26.8 Å². The zero-order valence-electron chi connectivity index (χ0n) is 9.96. The first-order chi connectivity index (χ1) is 9.72. The van der Waals surface area contributed by atoms with Gasteiger partial charge in [0.2, 0.25) is 0 Å². The Kier molecular flexibility index (Phi) is 3.38. The van der Waals surface area contributed by atoms with Crippen molar-refractivity contribution in [3.05, 3.63) is 36.0 Å². The van der Waals surface area contributed by atoms with Crippen molar-refractivity contribution >= 4 is 11.3 Å². The van der Waals surface area contributed by atoms with E-state index >= 15 is 0 Å². The number of hydrogen-bond donors (Lipinski definition) is 1. The molecule has 1 N–H and O–H groups in total. The molecule has 102 valence electrons. The van der Waals surface area contributed by atoms with Crippen LogP contribution in [0.4, 0.5) is 8.78 Å². The third-order valence-corrected chi connectivity index (χ3v) is 3.33. The normalized spacial score (nSPS) is 10.9. The predicted molar refractivity (Wildman–Crippen MR) is 69.6 cm³/mol. The quantitative estimate of drug-likeness (QED) is 0.802. The van der Waals surface area contributed by atoms with Crippen LogP contribution in [-0.2, 0) is 0 Å². The van der Waals surface area contributed by atoms with Gasteiger partial charge in [0.15, 0.2) is 10.8 Å². The summed E-state index contributed by atoms with van der Waals surface area (Å²) in [5, 5.41) is 8.97. The maximum absolute atomic E-state index is 12.2. The number of alkyl halides is 2. The van der Waals surface area contributed by atoms with E-state index in [4.69, 9.17) is 0 Å². The first-order valence-electron chi connectivity index (χ1n) is 5.59. The maximum Gasteiger partial charge on any atom is 0.387 e. The van der Waals surface area contributed by atoms with E-state index < -0.39 is 6.61 Å². The molecule has 0 atom stereocenters. The maximum atomic E-state index is 12.2. The third-order valence-electron chi connectivity index (χ3n) is 2.48. The minimum atomic E-state index is -2.84. The number of nitrogens with one attached hydrogen (secondary N) is 1. The average Bonchev–Trinajstić information content (AvgIpc) is 3.09. The van der Waals surface area contributed by atoms with Gasteiger partial charge in [0.05, 0.1) is 5.69 Å². The molecule has 0 fully saturated rings. The Balaban J connectivity index is 1.89. The molecule has 0 spiro atoms. The van der Waals surface area contributed by atoms with E-state index in [-0.39, 0.29) is 5.75 Å². The van der Waals surface area contributed by atoms with Crippen molar-refractivity contribution in [3.63, 3.8) is 0 Å². The van der Waals surface area contributed by atoms with Gasteiger partial charge >= 0.3 is 6.61 Å². The molecule has 0 radical (unpaired) electrons. The molecule has 3 aromatic rings. The highest BCUT2D eigenvalue weighted by Crippen LogP contribution is 2.29. The van der Waals surface area contributed by atoms with E-state index in [0.717, 1.165) is 0 Å². The summed E-state index contributed by atoms with van der Waals surface area (Å²) in [4.78, 5) is 8.39. The SMILES string of the molecule is FC(F)Oc1cccc(-c2csc(-c3ncn[nH]3)n2)c1. The highest BCUT2D eigenvalue weighted by Gasteiger charge is 2.10. The predicted octanol–water partition coefficient (Wildman–Crippen LogP) is 3.20. The second-order valence-corrected chi connectivity index (χ2v) is 4.64. The smallest absolute Gasteiger partial charge is 0.387 e. The molecule has 20 heavy (non-hydrogen) atoms. The van der Waals surface area contributed by atoms with Crippen LogP contribution >= 0.6 is 11.3 Å². The Labute approximate surface area is 116 Å². The molecular formula is C12H8F2N4OS. The molecule has 0 bridgehead atoms. The van der Waals surface area contributed by atoms with Crippen molar-refractivity contribution < 1.29 is 13.5 Å². The Morgan fingerprint density at radius 2 is 2.20 bits per heavy atom. The molecule has 8 heteroatoms. The van der Waals surface area contributed by atoms with Crippen molar-refractivity contribution in [2.75, 3.05) is 0 Å². The van der Waals surface area contributed by atoms with E-state index in [1.54, 1.807) is 12.1 Å². The van der Waals surface area contributed by atoms with E-state index in [9.17, 15) is 8.78 Å². The van der Waals surface area contributed by atoms with Crippen LogP contribution in [0.3, 0.4) is 0 Å². The van der Waals surface area contributed by atoms with E-state index in [2.05, 4.69) is 24.9 Å². The molecule has 0 unspecified atom stereocenters. The number of aromatic amines is 1. The lowest BCUT2D eigenvalue weighted by atomic mass is 10.2. The van der Waals surface area contributed by atoms with E-state index in [0.29, 0.717) is 22.1 Å². The number of thiazole rings is 1. The van der Waals surface area contributed by atoms with Crippen molar-refractivity contribution in [3.8, 4) is 27.8 Å². The minimum Gasteiger partial charge on any atom is -0.435 e. The number of ether oxygens (including phenoxy) is 1. The highest BCUT2D eigenvalue weighted by molar-refractivity contribution is 7.13. The van der Waals surface area contributed by atoms with Gasteiger partial charge in [-0.1, -0.05) is 12.1 Å². The first-order valence-corrected chi connectivity index (χ1v) is 6.47. The second kappa shape index (κ2) is 5.33. The molecule has 0 saturated heterocycles. The van der Waals surface area contributed by atoms with Gasteiger partial charge in [0.1, 0.15) is 12.1 Å². The fraction of sp³-hybridized carbons (Fsp3) is 0.0833. The summed E-state index contributed by atoms with van der Waals surface area (Å²) in [5.74, 6) is 0.674.